The lowest BCUT2D eigenvalue weighted by Gasteiger charge is -2.42. The zero-order valence-electron chi connectivity index (χ0n) is 16.5. The Morgan fingerprint density at radius 2 is 1.96 bits per heavy atom. The lowest BCUT2D eigenvalue weighted by Crippen LogP contribution is -2.52. The first-order valence-corrected chi connectivity index (χ1v) is 10.2. The van der Waals surface area contributed by atoms with Gasteiger partial charge in [-0.15, -0.1) is 0 Å². The van der Waals surface area contributed by atoms with Crippen LogP contribution in [0.2, 0.25) is 0 Å². The Morgan fingerprint density at radius 3 is 2.71 bits per heavy atom. The second kappa shape index (κ2) is 8.09. The van der Waals surface area contributed by atoms with Crippen LogP contribution in [0.1, 0.15) is 36.0 Å². The molecule has 7 nitrogen and oxygen atoms in total. The second-order valence-corrected chi connectivity index (χ2v) is 8.09. The van der Waals surface area contributed by atoms with Crippen molar-refractivity contribution in [1.29, 1.82) is 0 Å². The van der Waals surface area contributed by atoms with Gasteiger partial charge >= 0.3 is 0 Å². The highest BCUT2D eigenvalue weighted by atomic mass is 16.5. The van der Waals surface area contributed by atoms with Crippen molar-refractivity contribution < 1.29 is 19.1 Å². The van der Waals surface area contributed by atoms with Crippen LogP contribution in [0.3, 0.4) is 0 Å². The molecule has 2 amide bonds. The fourth-order valence-corrected chi connectivity index (χ4v) is 4.41. The highest BCUT2D eigenvalue weighted by Crippen LogP contribution is 2.37. The van der Waals surface area contributed by atoms with Gasteiger partial charge in [0.2, 0.25) is 5.91 Å². The Bertz CT molecular complexity index is 724. The molecule has 3 aliphatic rings. The van der Waals surface area contributed by atoms with Crippen molar-refractivity contribution >= 4 is 11.8 Å². The predicted octanol–water partition coefficient (Wildman–Crippen LogP) is 1.28. The third-order valence-electron chi connectivity index (χ3n) is 6.30. The molecule has 1 aliphatic carbocycles. The molecular weight excluding hydrogens is 358 g/mol. The summed E-state index contributed by atoms with van der Waals surface area (Å²) in [6.07, 6.45) is 3.40. The van der Waals surface area contributed by atoms with E-state index in [2.05, 4.69) is 10.2 Å². The van der Waals surface area contributed by atoms with Crippen LogP contribution in [-0.4, -0.2) is 79.7 Å². The molecule has 0 aromatic heterocycles. The Kier molecular flexibility index (Phi) is 5.55. The van der Waals surface area contributed by atoms with Crippen molar-refractivity contribution in [3.05, 3.63) is 29.8 Å². The first kappa shape index (κ1) is 19.2. The van der Waals surface area contributed by atoms with Gasteiger partial charge in [0.05, 0.1) is 31.9 Å². The number of morpholine rings is 1. The smallest absolute Gasteiger partial charge is 0.255 e. The molecule has 4 rings (SSSR count). The molecule has 1 aromatic carbocycles. The van der Waals surface area contributed by atoms with Gasteiger partial charge in [-0.05, 0) is 37.8 Å². The largest absolute Gasteiger partial charge is 0.485 e. The summed E-state index contributed by atoms with van der Waals surface area (Å²) < 4.78 is 11.7. The number of hydrogen-bond acceptors (Lipinski definition) is 5. The first-order chi connectivity index (χ1) is 13.6. The molecule has 28 heavy (non-hydrogen) atoms. The van der Waals surface area contributed by atoms with Gasteiger partial charge in [-0.25, -0.2) is 0 Å². The molecule has 2 heterocycles. The molecule has 0 bridgehead atoms. The van der Waals surface area contributed by atoms with Crippen LogP contribution in [0.5, 0.6) is 5.75 Å². The highest BCUT2D eigenvalue weighted by molar-refractivity contribution is 5.97. The highest BCUT2D eigenvalue weighted by Gasteiger charge is 2.41. The molecular formula is C21H29N3O4. The topological polar surface area (TPSA) is 71.1 Å². The van der Waals surface area contributed by atoms with Gasteiger partial charge < -0.3 is 19.7 Å². The summed E-state index contributed by atoms with van der Waals surface area (Å²) in [6, 6.07) is 7.64. The average Bonchev–Trinajstić information content (AvgIpc) is 2.86. The minimum atomic E-state index is -0.382. The van der Waals surface area contributed by atoms with Crippen molar-refractivity contribution in [3.63, 3.8) is 0 Å². The van der Waals surface area contributed by atoms with Gasteiger partial charge in [0.25, 0.3) is 5.91 Å². The number of fused-ring (bicyclic) bond motifs is 1. The van der Waals surface area contributed by atoms with Gasteiger partial charge in [0, 0.05) is 26.2 Å². The van der Waals surface area contributed by atoms with E-state index in [-0.39, 0.29) is 23.5 Å². The van der Waals surface area contributed by atoms with Gasteiger partial charge in [-0.3, -0.25) is 14.5 Å². The van der Waals surface area contributed by atoms with Crippen molar-refractivity contribution in [2.45, 2.75) is 37.3 Å². The van der Waals surface area contributed by atoms with Gasteiger partial charge in [0.15, 0.2) is 0 Å². The van der Waals surface area contributed by atoms with Gasteiger partial charge in [0.1, 0.15) is 11.4 Å². The Labute approximate surface area is 166 Å². The Morgan fingerprint density at radius 1 is 1.25 bits per heavy atom. The van der Waals surface area contributed by atoms with Crippen LogP contribution >= 0.6 is 0 Å². The number of para-hydroxylation sites is 1. The van der Waals surface area contributed by atoms with E-state index in [1.54, 1.807) is 6.07 Å². The van der Waals surface area contributed by atoms with E-state index in [1.807, 2.05) is 30.1 Å². The molecule has 1 saturated heterocycles. The van der Waals surface area contributed by atoms with Gasteiger partial charge in [-0.1, -0.05) is 12.1 Å². The Hall–Kier alpha value is -2.12. The van der Waals surface area contributed by atoms with E-state index < -0.39 is 0 Å². The summed E-state index contributed by atoms with van der Waals surface area (Å²) in [5, 5.41) is 3.02. The predicted molar refractivity (Wildman–Crippen MR) is 104 cm³/mol. The van der Waals surface area contributed by atoms with Crippen molar-refractivity contribution in [1.82, 2.24) is 15.1 Å². The summed E-state index contributed by atoms with van der Waals surface area (Å²) in [7, 11) is 1.91. The van der Waals surface area contributed by atoms with E-state index >= 15 is 0 Å². The Balaban J connectivity index is 1.36. The van der Waals surface area contributed by atoms with Gasteiger partial charge in [-0.2, -0.15) is 0 Å². The maximum Gasteiger partial charge on any atom is 0.255 e. The van der Waals surface area contributed by atoms with Crippen LogP contribution in [0.4, 0.5) is 0 Å². The lowest BCUT2D eigenvalue weighted by molar-refractivity contribution is -0.135. The standard InChI is InChI=1S/C21H29N3O4/c1-23(19(25)14-24-10-12-27-13-11-24)16-6-8-21(9-7-16)15-22-20(26)17-4-2-3-5-18(17)28-21/h2-5,16H,6-15H2,1H3,(H,22,26). The molecule has 1 N–H and O–H groups in total. The molecule has 2 aliphatic heterocycles. The van der Waals surface area contributed by atoms with Crippen molar-refractivity contribution in [2.75, 3.05) is 46.4 Å². The number of nitrogens with one attached hydrogen (secondary N) is 1. The van der Waals surface area contributed by atoms with E-state index in [4.69, 9.17) is 9.47 Å². The number of likely N-dealkylation sites (N-methyl/N-ethyl adjacent to an activating group) is 1. The van der Waals surface area contributed by atoms with Crippen LogP contribution < -0.4 is 10.1 Å². The fraction of sp³-hybridized carbons (Fsp3) is 0.619. The quantitative estimate of drug-likeness (QED) is 0.846. The van der Waals surface area contributed by atoms with E-state index in [0.29, 0.717) is 37.6 Å². The SMILES string of the molecule is CN(C(=O)CN1CCOCC1)C1CCC2(CC1)CNC(=O)c1ccccc1O2. The summed E-state index contributed by atoms with van der Waals surface area (Å²) in [4.78, 5) is 29.1. The molecule has 1 spiro atoms. The molecule has 0 unspecified atom stereocenters. The second-order valence-electron chi connectivity index (χ2n) is 8.09. The van der Waals surface area contributed by atoms with Crippen molar-refractivity contribution in [3.8, 4) is 5.75 Å². The average molecular weight is 387 g/mol. The van der Waals surface area contributed by atoms with E-state index in [9.17, 15) is 9.59 Å². The number of carbonyl (C=O) groups excluding carboxylic acids is 2. The summed E-state index contributed by atoms with van der Waals surface area (Å²) in [5.41, 5.74) is 0.214. The monoisotopic (exact) mass is 387 g/mol. The van der Waals surface area contributed by atoms with Crippen LogP contribution in [-0.2, 0) is 9.53 Å². The third kappa shape index (κ3) is 4.00. The van der Waals surface area contributed by atoms with Crippen molar-refractivity contribution in [2.24, 2.45) is 0 Å². The van der Waals surface area contributed by atoms with E-state index in [0.717, 1.165) is 38.8 Å². The third-order valence-corrected chi connectivity index (χ3v) is 6.30. The zero-order valence-corrected chi connectivity index (χ0v) is 16.5. The zero-order chi connectivity index (χ0) is 19.6. The van der Waals surface area contributed by atoms with Crippen LogP contribution in [0.25, 0.3) is 0 Å². The molecule has 0 radical (unpaired) electrons. The molecule has 1 aromatic rings. The molecule has 0 atom stereocenters. The lowest BCUT2D eigenvalue weighted by atomic mass is 9.81. The number of amides is 2. The summed E-state index contributed by atoms with van der Waals surface area (Å²) in [5.74, 6) is 0.753. The number of ether oxygens (including phenoxy) is 2. The number of rotatable bonds is 3. The number of carbonyl (C=O) groups is 2. The summed E-state index contributed by atoms with van der Waals surface area (Å²) >= 11 is 0. The molecule has 7 heteroatoms. The minimum Gasteiger partial charge on any atom is -0.485 e. The fourth-order valence-electron chi connectivity index (χ4n) is 4.41. The molecule has 152 valence electrons. The minimum absolute atomic E-state index is 0.0765. The number of hydrogen-bond donors (Lipinski definition) is 1. The van der Waals surface area contributed by atoms with Crippen LogP contribution in [0, 0.1) is 0 Å². The number of nitrogens with zero attached hydrogens (tertiary/aromatic N) is 2. The molecule has 1 saturated carbocycles. The maximum atomic E-state index is 12.7. The summed E-state index contributed by atoms with van der Waals surface area (Å²) in [6.45, 7) is 4.02. The first-order valence-electron chi connectivity index (χ1n) is 10.2. The molecule has 2 fully saturated rings. The number of benzene rings is 1. The van der Waals surface area contributed by atoms with E-state index in [1.165, 1.54) is 0 Å². The van der Waals surface area contributed by atoms with Crippen LogP contribution in [0.15, 0.2) is 24.3 Å². The maximum absolute atomic E-state index is 12.7. The normalized spacial score (nSPS) is 28.0.